The van der Waals surface area contributed by atoms with Crippen LogP contribution < -0.4 is 0 Å². The average molecular weight is 261 g/mol. The monoisotopic (exact) mass is 260 g/mol. The second kappa shape index (κ2) is 7.89. The first kappa shape index (κ1) is 16.0. The van der Waals surface area contributed by atoms with Crippen molar-refractivity contribution in [2.24, 2.45) is 0 Å². The number of phosphoric ester groups is 1. The van der Waals surface area contributed by atoms with Gasteiger partial charge in [0.1, 0.15) is 10.8 Å². The van der Waals surface area contributed by atoms with Gasteiger partial charge in [-0.1, -0.05) is 23.2 Å². The Kier molecular flexibility index (Phi) is 10.5. The fourth-order valence-corrected chi connectivity index (χ4v) is 1.03. The molecule has 0 fully saturated rings. The standard InChI is InChI=1S/C4H7Cl2O4P.Ca/c1-8-11(7,9-2)10-3-4(5)6;/h3H,1-2H3;/q;+2. The maximum Gasteiger partial charge on any atom is 2.00 e. The van der Waals surface area contributed by atoms with Gasteiger partial charge in [0.2, 0.25) is 0 Å². The third kappa shape index (κ3) is 6.98. The summed E-state index contributed by atoms with van der Waals surface area (Å²) in [6.07, 6.45) is 0.872. The summed E-state index contributed by atoms with van der Waals surface area (Å²) in [7, 11) is -1.12. The average Bonchev–Trinajstić information content (AvgIpc) is 2.00. The molecule has 0 amide bonds. The number of hydrogen-bond acceptors (Lipinski definition) is 4. The Morgan fingerprint density at radius 2 is 1.75 bits per heavy atom. The van der Waals surface area contributed by atoms with Crippen LogP contribution in [0, 0.1) is 0 Å². The van der Waals surface area contributed by atoms with Gasteiger partial charge in [0.25, 0.3) is 0 Å². The summed E-state index contributed by atoms with van der Waals surface area (Å²) in [6, 6.07) is 0. The normalized spacial score (nSPS) is 10.0. The fourth-order valence-electron chi connectivity index (χ4n) is 0.265. The van der Waals surface area contributed by atoms with Crippen LogP contribution in [0.4, 0.5) is 0 Å². The molecule has 0 aromatic rings. The van der Waals surface area contributed by atoms with Gasteiger partial charge < -0.3 is 4.52 Å². The summed E-state index contributed by atoms with van der Waals surface area (Å²) >= 11 is 10.3. The summed E-state index contributed by atoms with van der Waals surface area (Å²) in [4.78, 5) is 0. The molecule has 0 bridgehead atoms. The van der Waals surface area contributed by atoms with Gasteiger partial charge in [0.05, 0.1) is 0 Å². The Balaban J connectivity index is 0. The van der Waals surface area contributed by atoms with Crippen LogP contribution in [0.5, 0.6) is 0 Å². The largest absolute Gasteiger partial charge is 2.00 e. The summed E-state index contributed by atoms with van der Waals surface area (Å²) in [5.74, 6) is 0. The van der Waals surface area contributed by atoms with Crippen molar-refractivity contribution in [3.05, 3.63) is 10.8 Å². The van der Waals surface area contributed by atoms with Crippen molar-refractivity contribution in [3.8, 4) is 0 Å². The van der Waals surface area contributed by atoms with E-state index in [1.807, 2.05) is 0 Å². The van der Waals surface area contributed by atoms with Crippen molar-refractivity contribution >= 4 is 68.8 Å². The molecule has 0 aliphatic heterocycles. The van der Waals surface area contributed by atoms with E-state index in [0.717, 1.165) is 6.26 Å². The summed E-state index contributed by atoms with van der Waals surface area (Å²) in [5.41, 5.74) is 0. The molecule has 0 saturated heterocycles. The molecule has 0 aromatic carbocycles. The molecule has 12 heavy (non-hydrogen) atoms. The number of halogens is 2. The van der Waals surface area contributed by atoms with Gasteiger partial charge in [-0.3, -0.25) is 9.05 Å². The molecule has 0 aromatic heterocycles. The second-order valence-corrected chi connectivity index (χ2v) is 4.17. The topological polar surface area (TPSA) is 44.8 Å². The third-order valence-electron chi connectivity index (χ3n) is 0.718. The molecule has 66 valence electrons. The Morgan fingerprint density at radius 1 is 1.33 bits per heavy atom. The Hall–Kier alpha value is 1.53. The van der Waals surface area contributed by atoms with Gasteiger partial charge in [-0.2, -0.15) is 0 Å². The molecule has 0 atom stereocenters. The van der Waals surface area contributed by atoms with Gasteiger partial charge in [-0.15, -0.1) is 0 Å². The summed E-state index contributed by atoms with van der Waals surface area (Å²) < 4.78 is 24.1. The first-order chi connectivity index (χ1) is 5.04. The van der Waals surface area contributed by atoms with Crippen LogP contribution in [0.25, 0.3) is 0 Å². The molecule has 0 aliphatic carbocycles. The van der Waals surface area contributed by atoms with Crippen LogP contribution in [-0.4, -0.2) is 52.0 Å². The number of rotatable bonds is 4. The zero-order valence-corrected chi connectivity index (χ0v) is 11.2. The quantitative estimate of drug-likeness (QED) is 0.442. The SMILES string of the molecule is COP(=O)(OC)OC=C(Cl)Cl.[Ca+2]. The Morgan fingerprint density at radius 3 is 2.00 bits per heavy atom. The first-order valence-corrected chi connectivity index (χ1v) is 4.67. The molecule has 0 spiro atoms. The maximum atomic E-state index is 11.0. The summed E-state index contributed by atoms with van der Waals surface area (Å²) in [5, 5.41) is 0. The van der Waals surface area contributed by atoms with E-state index in [1.165, 1.54) is 14.2 Å². The molecule has 0 radical (unpaired) electrons. The zero-order valence-electron chi connectivity index (χ0n) is 6.62. The van der Waals surface area contributed by atoms with Crippen LogP contribution in [0.3, 0.4) is 0 Å². The molecule has 0 rings (SSSR count). The Bertz CT molecular complexity index is 185. The van der Waals surface area contributed by atoms with E-state index in [0.29, 0.717) is 0 Å². The van der Waals surface area contributed by atoms with Gasteiger partial charge in [-0.25, -0.2) is 4.57 Å². The molecule has 0 aliphatic rings. The van der Waals surface area contributed by atoms with E-state index in [9.17, 15) is 4.57 Å². The van der Waals surface area contributed by atoms with Crippen LogP contribution in [0.1, 0.15) is 0 Å². The maximum absolute atomic E-state index is 11.0. The molecule has 0 heterocycles. The smallest absolute Gasteiger partial charge is 0.409 e. The van der Waals surface area contributed by atoms with Gasteiger partial charge in [-0.05, 0) is 0 Å². The predicted molar refractivity (Wildman–Crippen MR) is 48.3 cm³/mol. The predicted octanol–water partition coefficient (Wildman–Crippen LogP) is 2.30. The van der Waals surface area contributed by atoms with Gasteiger partial charge in [0.15, 0.2) is 0 Å². The number of phosphoric acid groups is 1. The van der Waals surface area contributed by atoms with E-state index >= 15 is 0 Å². The molecular formula is C4H7CaCl2O4P+2. The van der Waals surface area contributed by atoms with Crippen LogP contribution in [-0.2, 0) is 18.1 Å². The summed E-state index contributed by atoms with van der Waals surface area (Å²) in [6.45, 7) is 0. The van der Waals surface area contributed by atoms with Crippen molar-refractivity contribution in [1.29, 1.82) is 0 Å². The van der Waals surface area contributed by atoms with Gasteiger partial charge >= 0.3 is 45.6 Å². The molecule has 0 unspecified atom stereocenters. The van der Waals surface area contributed by atoms with E-state index in [1.54, 1.807) is 0 Å². The van der Waals surface area contributed by atoms with Crippen molar-refractivity contribution < 1.29 is 18.1 Å². The minimum absolute atomic E-state index is 0. The molecule has 0 saturated carbocycles. The number of hydrogen-bond donors (Lipinski definition) is 0. The molecule has 4 nitrogen and oxygen atoms in total. The van der Waals surface area contributed by atoms with Crippen molar-refractivity contribution in [2.45, 2.75) is 0 Å². The van der Waals surface area contributed by atoms with Crippen LogP contribution >= 0.6 is 31.0 Å². The third-order valence-corrected chi connectivity index (χ3v) is 2.15. The first-order valence-electron chi connectivity index (χ1n) is 2.45. The van der Waals surface area contributed by atoms with Crippen molar-refractivity contribution in [3.63, 3.8) is 0 Å². The Labute approximate surface area is 111 Å². The van der Waals surface area contributed by atoms with Crippen molar-refractivity contribution in [1.82, 2.24) is 0 Å². The van der Waals surface area contributed by atoms with E-state index in [4.69, 9.17) is 23.2 Å². The fraction of sp³-hybridized carbons (Fsp3) is 0.500. The van der Waals surface area contributed by atoms with Crippen LogP contribution in [0.2, 0.25) is 0 Å². The van der Waals surface area contributed by atoms with Crippen LogP contribution in [0.15, 0.2) is 10.8 Å². The van der Waals surface area contributed by atoms with E-state index < -0.39 is 7.82 Å². The van der Waals surface area contributed by atoms with E-state index in [-0.39, 0.29) is 42.2 Å². The minimum Gasteiger partial charge on any atom is -0.409 e. The molecule has 0 N–H and O–H groups in total. The molecular weight excluding hydrogens is 254 g/mol. The van der Waals surface area contributed by atoms with Gasteiger partial charge in [0, 0.05) is 14.2 Å². The second-order valence-electron chi connectivity index (χ2n) is 1.33. The minimum atomic E-state index is -3.48. The van der Waals surface area contributed by atoms with E-state index in [2.05, 4.69) is 13.6 Å². The van der Waals surface area contributed by atoms with Crippen molar-refractivity contribution in [2.75, 3.05) is 14.2 Å². The zero-order chi connectivity index (χ0) is 8.91. The molecule has 8 heteroatoms.